The van der Waals surface area contributed by atoms with Gasteiger partial charge in [-0.05, 0) is 41.9 Å². The third-order valence-electron chi connectivity index (χ3n) is 5.94. The van der Waals surface area contributed by atoms with Crippen LogP contribution in [0.1, 0.15) is 17.7 Å². The predicted octanol–water partition coefficient (Wildman–Crippen LogP) is 0.948. The van der Waals surface area contributed by atoms with Crippen molar-refractivity contribution in [2.45, 2.75) is 31.5 Å². The summed E-state index contributed by atoms with van der Waals surface area (Å²) in [4.78, 5) is 41.3. The van der Waals surface area contributed by atoms with Gasteiger partial charge >= 0.3 is 5.97 Å². The number of allylic oxidation sites excluding steroid dienone is 2. The zero-order valence-corrected chi connectivity index (χ0v) is 15.4. The Morgan fingerprint density at radius 3 is 3.00 bits per heavy atom. The topological polar surface area (TPSA) is 90.0 Å². The van der Waals surface area contributed by atoms with Crippen LogP contribution in [0.15, 0.2) is 40.4 Å². The summed E-state index contributed by atoms with van der Waals surface area (Å²) in [5.74, 6) is -1.10. The Morgan fingerprint density at radius 2 is 2.26 bits per heavy atom. The zero-order valence-electron chi connectivity index (χ0n) is 14.6. The number of thiophene rings is 1. The highest BCUT2D eigenvalue weighted by Crippen LogP contribution is 2.44. The van der Waals surface area contributed by atoms with Gasteiger partial charge in [0.1, 0.15) is 11.7 Å². The van der Waals surface area contributed by atoms with Gasteiger partial charge in [-0.15, -0.1) is 11.3 Å². The van der Waals surface area contributed by atoms with Crippen molar-refractivity contribution in [1.29, 1.82) is 0 Å². The summed E-state index contributed by atoms with van der Waals surface area (Å²) in [6.45, 7) is 1.92. The van der Waals surface area contributed by atoms with Gasteiger partial charge in [0.25, 0.3) is 0 Å². The first kappa shape index (κ1) is 16.7. The Labute approximate surface area is 159 Å². The second-order valence-electron chi connectivity index (χ2n) is 7.45. The molecular formula is C19H19N3O4S. The first-order valence-electron chi connectivity index (χ1n) is 9.09. The van der Waals surface area contributed by atoms with Crippen LogP contribution in [-0.2, 0) is 20.9 Å². The maximum atomic E-state index is 12.8. The van der Waals surface area contributed by atoms with Crippen molar-refractivity contribution in [3.63, 3.8) is 0 Å². The average molecular weight is 385 g/mol. The molecule has 3 fully saturated rings. The highest BCUT2D eigenvalue weighted by atomic mass is 32.1. The molecule has 0 aromatic carbocycles. The second-order valence-corrected chi connectivity index (χ2v) is 8.49. The fraction of sp³-hybridized carbons (Fsp3) is 0.421. The molecule has 4 aliphatic heterocycles. The molecule has 0 bridgehead atoms. The lowest BCUT2D eigenvalue weighted by Crippen LogP contribution is -2.68. The van der Waals surface area contributed by atoms with Gasteiger partial charge in [-0.25, -0.2) is 4.79 Å². The van der Waals surface area contributed by atoms with Crippen molar-refractivity contribution in [3.8, 4) is 0 Å². The number of carboxylic acid groups (broad SMARTS) is 1. The molecule has 8 heteroatoms. The molecule has 27 heavy (non-hydrogen) atoms. The minimum atomic E-state index is -1.10. The van der Waals surface area contributed by atoms with Crippen molar-refractivity contribution in [1.82, 2.24) is 15.1 Å². The number of carbonyl (C=O) groups is 3. The number of hydrogen-bond donors (Lipinski definition) is 2. The van der Waals surface area contributed by atoms with Crippen molar-refractivity contribution < 1.29 is 19.5 Å². The summed E-state index contributed by atoms with van der Waals surface area (Å²) in [7, 11) is 0. The average Bonchev–Trinajstić information content (AvgIpc) is 3.36. The van der Waals surface area contributed by atoms with Gasteiger partial charge in [0.05, 0.1) is 12.6 Å². The molecule has 1 aromatic heterocycles. The number of rotatable bonds is 4. The smallest absolute Gasteiger partial charge is 0.352 e. The van der Waals surface area contributed by atoms with E-state index in [4.69, 9.17) is 0 Å². The number of carbonyl (C=O) groups excluding carboxylic acids is 2. The predicted molar refractivity (Wildman–Crippen MR) is 97.6 cm³/mol. The largest absolute Gasteiger partial charge is 0.477 e. The molecule has 4 aliphatic rings. The lowest BCUT2D eigenvalue weighted by molar-refractivity contribution is -0.153. The van der Waals surface area contributed by atoms with Gasteiger partial charge in [-0.3, -0.25) is 14.5 Å². The first-order chi connectivity index (χ1) is 13.0. The van der Waals surface area contributed by atoms with Gasteiger partial charge in [0.2, 0.25) is 11.8 Å². The number of amides is 2. The van der Waals surface area contributed by atoms with E-state index in [1.807, 2.05) is 17.5 Å². The van der Waals surface area contributed by atoms with Crippen LogP contribution in [0.5, 0.6) is 0 Å². The van der Waals surface area contributed by atoms with E-state index in [0.717, 1.165) is 4.88 Å². The maximum absolute atomic E-state index is 12.8. The lowest BCUT2D eigenvalue weighted by atomic mass is 9.79. The van der Waals surface area contributed by atoms with E-state index in [1.54, 1.807) is 22.3 Å². The number of nitrogens with one attached hydrogen (secondary N) is 1. The Bertz CT molecular complexity index is 904. The van der Waals surface area contributed by atoms with Gasteiger partial charge < -0.3 is 15.3 Å². The summed E-state index contributed by atoms with van der Waals surface area (Å²) in [6, 6.07) is 3.67. The monoisotopic (exact) mass is 385 g/mol. The number of aliphatic carboxylic acids is 1. The molecule has 3 saturated heterocycles. The van der Waals surface area contributed by atoms with Crippen LogP contribution in [0.4, 0.5) is 0 Å². The Kier molecular flexibility index (Phi) is 3.73. The fourth-order valence-electron chi connectivity index (χ4n) is 4.71. The van der Waals surface area contributed by atoms with Crippen LogP contribution in [-0.4, -0.2) is 57.9 Å². The molecule has 3 atom stereocenters. The minimum absolute atomic E-state index is 0.0416. The number of likely N-dealkylation sites (tertiary alicyclic amines) is 1. The summed E-state index contributed by atoms with van der Waals surface area (Å²) in [5, 5.41) is 14.9. The summed E-state index contributed by atoms with van der Waals surface area (Å²) >= 11 is 1.62. The van der Waals surface area contributed by atoms with Crippen molar-refractivity contribution in [2.24, 2.45) is 5.92 Å². The molecule has 2 amide bonds. The molecule has 5 heterocycles. The van der Waals surface area contributed by atoms with Crippen molar-refractivity contribution in [3.05, 3.63) is 45.3 Å². The van der Waals surface area contributed by atoms with Gasteiger partial charge in [-0.2, -0.15) is 0 Å². The third-order valence-corrected chi connectivity index (χ3v) is 6.81. The molecule has 140 valence electrons. The van der Waals surface area contributed by atoms with Gasteiger partial charge in [0.15, 0.2) is 0 Å². The van der Waals surface area contributed by atoms with Crippen molar-refractivity contribution >= 4 is 29.1 Å². The van der Waals surface area contributed by atoms with Gasteiger partial charge in [-0.1, -0.05) is 6.07 Å². The van der Waals surface area contributed by atoms with E-state index in [9.17, 15) is 19.5 Å². The highest BCUT2D eigenvalue weighted by molar-refractivity contribution is 7.09. The fourth-order valence-corrected chi connectivity index (χ4v) is 5.43. The van der Waals surface area contributed by atoms with Crippen LogP contribution < -0.4 is 5.32 Å². The van der Waals surface area contributed by atoms with Crippen molar-refractivity contribution in [2.75, 3.05) is 13.1 Å². The number of carboxylic acids is 1. The van der Waals surface area contributed by atoms with Crippen LogP contribution >= 0.6 is 11.3 Å². The summed E-state index contributed by atoms with van der Waals surface area (Å²) in [6.07, 6.45) is 2.92. The van der Waals surface area contributed by atoms with E-state index >= 15 is 0 Å². The molecule has 5 rings (SSSR count). The standard InChI is InChI=1S/C19H19N3O4S/c23-17-10(3-4-21(17)9-13-2-1-5-27-13)6-11-7-12-8-20-14-15(12)22(18(14)24)16(11)19(25)26/h1-2,5-6,12,14-15,20H,3-4,7-9H2,(H,25,26)/b10-6+/t12-,14+,15-/m1/s1. The zero-order chi connectivity index (χ0) is 18.7. The number of hydrogen-bond acceptors (Lipinski definition) is 5. The maximum Gasteiger partial charge on any atom is 0.352 e. The van der Waals surface area contributed by atoms with Crippen LogP contribution in [0.2, 0.25) is 0 Å². The summed E-state index contributed by atoms with van der Waals surface area (Å²) in [5.41, 5.74) is 1.29. The normalized spacial score (nSPS) is 31.0. The van der Waals surface area contributed by atoms with Gasteiger partial charge in [0, 0.05) is 23.5 Å². The second kappa shape index (κ2) is 6.03. The molecular weight excluding hydrogens is 366 g/mol. The van der Waals surface area contributed by atoms with E-state index in [0.29, 0.717) is 43.6 Å². The van der Waals surface area contributed by atoms with Crippen LogP contribution in [0.25, 0.3) is 0 Å². The molecule has 0 unspecified atom stereocenters. The molecule has 7 nitrogen and oxygen atoms in total. The molecule has 0 saturated carbocycles. The Morgan fingerprint density at radius 1 is 1.41 bits per heavy atom. The lowest BCUT2D eigenvalue weighted by Gasteiger charge is -2.48. The molecule has 0 radical (unpaired) electrons. The van der Waals surface area contributed by atoms with Crippen LogP contribution in [0, 0.1) is 5.92 Å². The van der Waals surface area contributed by atoms with E-state index in [-0.39, 0.29) is 35.5 Å². The SMILES string of the molecule is O=C(O)C1=C(/C=C2\CCN(Cc3cccs3)C2=O)C[C@@H]2CN[C@@H]3C(=O)N1[C@H]23. The van der Waals surface area contributed by atoms with E-state index in [2.05, 4.69) is 5.32 Å². The summed E-state index contributed by atoms with van der Waals surface area (Å²) < 4.78 is 0. The molecule has 0 aliphatic carbocycles. The van der Waals surface area contributed by atoms with E-state index < -0.39 is 5.97 Å². The quantitative estimate of drug-likeness (QED) is 0.595. The Hall–Kier alpha value is -2.45. The van der Waals surface area contributed by atoms with E-state index in [1.165, 1.54) is 4.90 Å². The first-order valence-corrected chi connectivity index (χ1v) is 9.97. The third kappa shape index (κ3) is 2.47. The minimum Gasteiger partial charge on any atom is -0.477 e. The highest BCUT2D eigenvalue weighted by Gasteiger charge is 2.59. The Balaban J connectivity index is 1.44. The molecule has 1 aromatic rings. The molecule has 2 N–H and O–H groups in total. The van der Waals surface area contributed by atoms with Crippen LogP contribution in [0.3, 0.4) is 0 Å². The number of nitrogens with zero attached hydrogens (tertiary/aromatic N) is 2. The molecule has 0 spiro atoms. The number of β-lactam (4-membered cyclic amide) rings is 1.